The Morgan fingerprint density at radius 1 is 1.29 bits per heavy atom. The highest BCUT2D eigenvalue weighted by Gasteiger charge is 2.25. The van der Waals surface area contributed by atoms with E-state index < -0.39 is 0 Å². The van der Waals surface area contributed by atoms with Crippen LogP contribution in [0.5, 0.6) is 0 Å². The van der Waals surface area contributed by atoms with E-state index in [-0.39, 0.29) is 0 Å². The van der Waals surface area contributed by atoms with E-state index in [4.69, 9.17) is 16.0 Å². The Bertz CT molecular complexity index is 575. The number of benzene rings is 1. The predicted molar refractivity (Wildman–Crippen MR) is 86.6 cm³/mol. The van der Waals surface area contributed by atoms with Crippen LogP contribution >= 0.6 is 11.6 Å². The topological polar surface area (TPSA) is 25.2 Å². The quantitative estimate of drug-likeness (QED) is 0.795. The molecule has 0 fully saturated rings. The molecular formula is C18H22ClNO. The van der Waals surface area contributed by atoms with Gasteiger partial charge in [0.25, 0.3) is 0 Å². The van der Waals surface area contributed by atoms with Crippen LogP contribution in [0.1, 0.15) is 61.6 Å². The molecule has 0 saturated heterocycles. The van der Waals surface area contributed by atoms with Gasteiger partial charge in [0.2, 0.25) is 0 Å². The predicted octanol–water partition coefficient (Wildman–Crippen LogP) is 5.44. The van der Waals surface area contributed by atoms with Gasteiger partial charge in [-0.2, -0.15) is 0 Å². The standard InChI is InChI=1S/C18H22ClNO/c1-2-4-16(13-7-9-14(19)10-8-13)20-17-5-3-6-18-15(17)11-12-21-18/h7-12,16-17,20H,2-6H2,1H3. The van der Waals surface area contributed by atoms with Gasteiger partial charge in [0, 0.05) is 29.1 Å². The fourth-order valence-corrected chi connectivity index (χ4v) is 3.36. The maximum atomic E-state index is 6.00. The third-order valence-electron chi connectivity index (χ3n) is 4.30. The van der Waals surface area contributed by atoms with Gasteiger partial charge in [0.15, 0.2) is 0 Å². The van der Waals surface area contributed by atoms with Crippen LogP contribution in [0.2, 0.25) is 5.02 Å². The fraction of sp³-hybridized carbons (Fsp3) is 0.444. The minimum Gasteiger partial charge on any atom is -0.469 e. The van der Waals surface area contributed by atoms with Crippen molar-refractivity contribution in [1.29, 1.82) is 0 Å². The van der Waals surface area contributed by atoms with Crippen LogP contribution in [0.4, 0.5) is 0 Å². The van der Waals surface area contributed by atoms with Crippen molar-refractivity contribution in [1.82, 2.24) is 5.32 Å². The molecule has 1 aromatic heterocycles. The van der Waals surface area contributed by atoms with Crippen molar-refractivity contribution < 1.29 is 4.42 Å². The summed E-state index contributed by atoms with van der Waals surface area (Å²) in [5.41, 5.74) is 2.66. The molecule has 1 N–H and O–H groups in total. The Morgan fingerprint density at radius 2 is 2.10 bits per heavy atom. The second-order valence-electron chi connectivity index (χ2n) is 5.80. The van der Waals surface area contributed by atoms with Crippen LogP contribution in [-0.4, -0.2) is 0 Å². The van der Waals surface area contributed by atoms with Gasteiger partial charge in [0.1, 0.15) is 5.76 Å². The lowest BCUT2D eigenvalue weighted by molar-refractivity contribution is 0.364. The molecule has 0 aliphatic heterocycles. The second kappa shape index (κ2) is 6.67. The minimum atomic E-state index is 0.373. The molecule has 0 bridgehead atoms. The Hall–Kier alpha value is -1.25. The van der Waals surface area contributed by atoms with Crippen LogP contribution in [-0.2, 0) is 6.42 Å². The number of hydrogen-bond donors (Lipinski definition) is 1. The summed E-state index contributed by atoms with van der Waals surface area (Å²) < 4.78 is 5.59. The van der Waals surface area contributed by atoms with Crippen molar-refractivity contribution >= 4 is 11.6 Å². The van der Waals surface area contributed by atoms with Gasteiger partial charge < -0.3 is 9.73 Å². The van der Waals surface area contributed by atoms with Crippen molar-refractivity contribution in [2.45, 2.75) is 51.1 Å². The average molecular weight is 304 g/mol. The molecule has 1 aromatic carbocycles. The van der Waals surface area contributed by atoms with Gasteiger partial charge in [-0.25, -0.2) is 0 Å². The zero-order chi connectivity index (χ0) is 14.7. The number of nitrogens with one attached hydrogen (secondary N) is 1. The maximum absolute atomic E-state index is 6.00. The molecule has 1 aliphatic rings. The van der Waals surface area contributed by atoms with Gasteiger partial charge in [-0.05, 0) is 43.0 Å². The van der Waals surface area contributed by atoms with E-state index in [2.05, 4.69) is 30.4 Å². The summed E-state index contributed by atoms with van der Waals surface area (Å²) in [6, 6.07) is 11.1. The highest BCUT2D eigenvalue weighted by molar-refractivity contribution is 6.30. The number of furan rings is 1. The average Bonchev–Trinajstić information content (AvgIpc) is 2.97. The smallest absolute Gasteiger partial charge is 0.108 e. The molecule has 1 aliphatic carbocycles. The van der Waals surface area contributed by atoms with Crippen LogP contribution in [0.3, 0.4) is 0 Å². The highest BCUT2D eigenvalue weighted by Crippen LogP contribution is 2.33. The first-order valence-electron chi connectivity index (χ1n) is 7.85. The Labute approximate surface area is 131 Å². The van der Waals surface area contributed by atoms with Crippen LogP contribution in [0, 0.1) is 0 Å². The summed E-state index contributed by atoms with van der Waals surface area (Å²) in [6.07, 6.45) is 7.55. The lowest BCUT2D eigenvalue weighted by atomic mass is 9.91. The van der Waals surface area contributed by atoms with Crippen LogP contribution in [0.25, 0.3) is 0 Å². The molecule has 3 rings (SSSR count). The maximum Gasteiger partial charge on any atom is 0.108 e. The Kier molecular flexibility index (Phi) is 4.67. The van der Waals surface area contributed by atoms with Gasteiger partial charge in [-0.3, -0.25) is 0 Å². The number of hydrogen-bond acceptors (Lipinski definition) is 2. The van der Waals surface area contributed by atoms with Gasteiger partial charge >= 0.3 is 0 Å². The van der Waals surface area contributed by atoms with Gasteiger partial charge in [-0.15, -0.1) is 0 Å². The molecule has 3 heteroatoms. The molecule has 0 saturated carbocycles. The number of halogens is 1. The van der Waals surface area contributed by atoms with E-state index in [0.29, 0.717) is 12.1 Å². The molecule has 112 valence electrons. The van der Waals surface area contributed by atoms with Crippen molar-refractivity contribution in [3.8, 4) is 0 Å². The zero-order valence-electron chi connectivity index (χ0n) is 12.4. The van der Waals surface area contributed by atoms with Crippen molar-refractivity contribution in [2.24, 2.45) is 0 Å². The van der Waals surface area contributed by atoms with Crippen molar-refractivity contribution in [3.63, 3.8) is 0 Å². The molecular weight excluding hydrogens is 282 g/mol. The summed E-state index contributed by atoms with van der Waals surface area (Å²) in [7, 11) is 0. The second-order valence-corrected chi connectivity index (χ2v) is 6.24. The van der Waals surface area contributed by atoms with E-state index in [9.17, 15) is 0 Å². The molecule has 2 nitrogen and oxygen atoms in total. The molecule has 0 spiro atoms. The highest BCUT2D eigenvalue weighted by atomic mass is 35.5. The first-order chi connectivity index (χ1) is 10.3. The molecule has 21 heavy (non-hydrogen) atoms. The lowest BCUT2D eigenvalue weighted by Gasteiger charge is -2.28. The number of aryl methyl sites for hydroxylation is 1. The monoisotopic (exact) mass is 303 g/mol. The van der Waals surface area contributed by atoms with E-state index in [1.54, 1.807) is 0 Å². The molecule has 0 radical (unpaired) electrons. The van der Waals surface area contributed by atoms with Gasteiger partial charge in [0.05, 0.1) is 6.26 Å². The molecule has 2 unspecified atom stereocenters. The summed E-state index contributed by atoms with van der Waals surface area (Å²) >= 11 is 6.00. The Balaban J connectivity index is 1.79. The van der Waals surface area contributed by atoms with E-state index in [1.165, 1.54) is 24.0 Å². The lowest BCUT2D eigenvalue weighted by Crippen LogP contribution is -2.28. The molecule has 1 heterocycles. The van der Waals surface area contributed by atoms with Crippen molar-refractivity contribution in [2.75, 3.05) is 0 Å². The van der Waals surface area contributed by atoms with Gasteiger partial charge in [-0.1, -0.05) is 37.1 Å². The first-order valence-corrected chi connectivity index (χ1v) is 8.23. The van der Waals surface area contributed by atoms with E-state index in [1.807, 2.05) is 18.4 Å². The van der Waals surface area contributed by atoms with Crippen LogP contribution < -0.4 is 5.32 Å². The summed E-state index contributed by atoms with van der Waals surface area (Å²) in [5.74, 6) is 1.16. The number of fused-ring (bicyclic) bond motifs is 1. The minimum absolute atomic E-state index is 0.373. The summed E-state index contributed by atoms with van der Waals surface area (Å²) in [6.45, 7) is 2.23. The van der Waals surface area contributed by atoms with Crippen molar-refractivity contribution in [3.05, 3.63) is 58.5 Å². The summed E-state index contributed by atoms with van der Waals surface area (Å²) in [5, 5.41) is 4.63. The third-order valence-corrected chi connectivity index (χ3v) is 4.56. The normalized spacial score (nSPS) is 19.2. The van der Waals surface area contributed by atoms with E-state index in [0.717, 1.165) is 30.0 Å². The summed E-state index contributed by atoms with van der Waals surface area (Å²) in [4.78, 5) is 0. The molecule has 2 atom stereocenters. The number of rotatable bonds is 5. The largest absolute Gasteiger partial charge is 0.469 e. The third kappa shape index (κ3) is 3.33. The van der Waals surface area contributed by atoms with Crippen LogP contribution in [0.15, 0.2) is 41.0 Å². The zero-order valence-corrected chi connectivity index (χ0v) is 13.2. The molecule has 0 amide bonds. The Morgan fingerprint density at radius 3 is 2.86 bits per heavy atom. The SMILES string of the molecule is CCCC(NC1CCCc2occc21)c1ccc(Cl)cc1. The van der Waals surface area contributed by atoms with E-state index >= 15 is 0 Å². The fourth-order valence-electron chi connectivity index (χ4n) is 3.23. The molecule has 2 aromatic rings. The first kappa shape index (κ1) is 14.7.